The molecule has 23 heavy (non-hydrogen) atoms. The molecule has 0 unspecified atom stereocenters. The summed E-state index contributed by atoms with van der Waals surface area (Å²) in [5.41, 5.74) is 2.20. The van der Waals surface area contributed by atoms with Crippen molar-refractivity contribution < 1.29 is 4.39 Å². The van der Waals surface area contributed by atoms with Crippen molar-refractivity contribution in [3.8, 4) is 0 Å². The lowest BCUT2D eigenvalue weighted by Gasteiger charge is -2.11. The summed E-state index contributed by atoms with van der Waals surface area (Å²) in [7, 11) is 0. The molecule has 6 heteroatoms. The molecule has 0 radical (unpaired) electrons. The van der Waals surface area contributed by atoms with E-state index < -0.39 is 0 Å². The summed E-state index contributed by atoms with van der Waals surface area (Å²) in [6.45, 7) is 0.370. The van der Waals surface area contributed by atoms with Gasteiger partial charge in [0.2, 0.25) is 0 Å². The molecule has 0 aliphatic heterocycles. The molecule has 2 aromatic heterocycles. The van der Waals surface area contributed by atoms with Crippen LogP contribution in [-0.4, -0.2) is 19.5 Å². The number of nitrogens with zero attached hydrogens (tertiary/aromatic N) is 4. The third kappa shape index (κ3) is 2.65. The third-order valence-corrected chi connectivity index (χ3v) is 4.48. The van der Waals surface area contributed by atoms with Crippen molar-refractivity contribution in [1.82, 2.24) is 19.5 Å². The van der Waals surface area contributed by atoms with Crippen LogP contribution in [0.25, 0.3) is 11.2 Å². The van der Waals surface area contributed by atoms with Gasteiger partial charge < -0.3 is 9.88 Å². The molecule has 3 aromatic rings. The zero-order valence-corrected chi connectivity index (χ0v) is 12.7. The van der Waals surface area contributed by atoms with E-state index in [4.69, 9.17) is 0 Å². The van der Waals surface area contributed by atoms with E-state index in [1.54, 1.807) is 18.5 Å². The van der Waals surface area contributed by atoms with Gasteiger partial charge in [0.1, 0.15) is 17.7 Å². The van der Waals surface area contributed by atoms with Gasteiger partial charge in [-0.05, 0) is 18.9 Å². The summed E-state index contributed by atoms with van der Waals surface area (Å²) < 4.78 is 15.9. The lowest BCUT2D eigenvalue weighted by molar-refractivity contribution is 0.529. The van der Waals surface area contributed by atoms with Gasteiger partial charge in [0, 0.05) is 18.2 Å². The largest absolute Gasteiger partial charge is 0.364 e. The van der Waals surface area contributed by atoms with Crippen molar-refractivity contribution in [2.45, 2.75) is 38.3 Å². The molecule has 1 aliphatic rings. The van der Waals surface area contributed by atoms with Crippen LogP contribution in [0.2, 0.25) is 0 Å². The van der Waals surface area contributed by atoms with Crippen LogP contribution < -0.4 is 5.32 Å². The maximum atomic E-state index is 13.7. The van der Waals surface area contributed by atoms with Crippen LogP contribution in [-0.2, 0) is 6.54 Å². The van der Waals surface area contributed by atoms with Crippen LogP contribution in [0.4, 0.5) is 10.2 Å². The Balaban J connectivity index is 1.62. The number of hydrogen-bond acceptors (Lipinski definition) is 4. The van der Waals surface area contributed by atoms with E-state index in [0.717, 1.165) is 11.2 Å². The van der Waals surface area contributed by atoms with Crippen molar-refractivity contribution in [1.29, 1.82) is 0 Å². The second-order valence-corrected chi connectivity index (χ2v) is 5.93. The highest BCUT2D eigenvalue weighted by atomic mass is 19.1. The van der Waals surface area contributed by atoms with Gasteiger partial charge in [-0.2, -0.15) is 0 Å². The molecule has 118 valence electrons. The molecule has 1 aliphatic carbocycles. The summed E-state index contributed by atoms with van der Waals surface area (Å²) in [5.74, 6) is 0.428. The molecular formula is C17H18FN5. The fourth-order valence-electron chi connectivity index (χ4n) is 3.25. The first-order chi connectivity index (χ1) is 11.3. The van der Waals surface area contributed by atoms with E-state index >= 15 is 0 Å². The van der Waals surface area contributed by atoms with Crippen molar-refractivity contribution in [2.75, 3.05) is 5.32 Å². The third-order valence-electron chi connectivity index (χ3n) is 4.48. The van der Waals surface area contributed by atoms with E-state index in [2.05, 4.69) is 24.8 Å². The maximum absolute atomic E-state index is 13.7. The number of imidazole rings is 1. The SMILES string of the molecule is Fc1ccccc1CNc1ncnc2c1ncn2C1CCCC1. The van der Waals surface area contributed by atoms with Crippen molar-refractivity contribution >= 4 is 17.0 Å². The Bertz CT molecular complexity index is 823. The molecule has 4 rings (SSSR count). The molecule has 0 bridgehead atoms. The van der Waals surface area contributed by atoms with Crippen molar-refractivity contribution in [3.05, 3.63) is 48.3 Å². The topological polar surface area (TPSA) is 55.6 Å². The molecule has 5 nitrogen and oxygen atoms in total. The highest BCUT2D eigenvalue weighted by Gasteiger charge is 2.20. The summed E-state index contributed by atoms with van der Waals surface area (Å²) in [4.78, 5) is 13.1. The number of rotatable bonds is 4. The molecule has 0 atom stereocenters. The van der Waals surface area contributed by atoms with E-state index in [0.29, 0.717) is 24.0 Å². The fourth-order valence-corrected chi connectivity index (χ4v) is 3.25. The molecule has 2 heterocycles. The van der Waals surface area contributed by atoms with Crippen LogP contribution in [0.15, 0.2) is 36.9 Å². The normalized spacial score (nSPS) is 15.3. The zero-order valence-electron chi connectivity index (χ0n) is 12.7. The van der Waals surface area contributed by atoms with Gasteiger partial charge in [-0.15, -0.1) is 0 Å². The molecule has 0 amide bonds. The van der Waals surface area contributed by atoms with Gasteiger partial charge in [0.25, 0.3) is 0 Å². The van der Waals surface area contributed by atoms with Crippen LogP contribution >= 0.6 is 0 Å². The molecule has 1 N–H and O–H groups in total. The Morgan fingerprint density at radius 3 is 2.78 bits per heavy atom. The smallest absolute Gasteiger partial charge is 0.165 e. The van der Waals surface area contributed by atoms with Crippen LogP contribution in [0.3, 0.4) is 0 Å². The van der Waals surface area contributed by atoms with Crippen molar-refractivity contribution in [2.24, 2.45) is 0 Å². The Morgan fingerprint density at radius 2 is 1.96 bits per heavy atom. The summed E-state index contributed by atoms with van der Waals surface area (Å²) >= 11 is 0. The Kier molecular flexibility index (Phi) is 3.65. The van der Waals surface area contributed by atoms with Gasteiger partial charge in [-0.1, -0.05) is 31.0 Å². The predicted octanol–water partition coefficient (Wildman–Crippen LogP) is 3.69. The molecule has 1 saturated carbocycles. The maximum Gasteiger partial charge on any atom is 0.165 e. The Hall–Kier alpha value is -2.50. The van der Waals surface area contributed by atoms with Crippen molar-refractivity contribution in [3.63, 3.8) is 0 Å². The minimum absolute atomic E-state index is 0.221. The minimum Gasteiger partial charge on any atom is -0.364 e. The molecule has 1 aromatic carbocycles. The number of nitrogens with one attached hydrogen (secondary N) is 1. The number of halogens is 1. The van der Waals surface area contributed by atoms with E-state index in [-0.39, 0.29) is 5.82 Å². The number of hydrogen-bond donors (Lipinski definition) is 1. The summed E-state index contributed by atoms with van der Waals surface area (Å²) in [6.07, 6.45) is 8.26. The molecular weight excluding hydrogens is 293 g/mol. The second-order valence-electron chi connectivity index (χ2n) is 5.93. The molecule has 0 saturated heterocycles. The van der Waals surface area contributed by atoms with E-state index in [1.165, 1.54) is 31.7 Å². The van der Waals surface area contributed by atoms with Crippen LogP contribution in [0.5, 0.6) is 0 Å². The first-order valence-corrected chi connectivity index (χ1v) is 7.98. The second kappa shape index (κ2) is 5.95. The highest BCUT2D eigenvalue weighted by molar-refractivity contribution is 5.82. The van der Waals surface area contributed by atoms with Gasteiger partial charge in [-0.25, -0.2) is 19.3 Å². The minimum atomic E-state index is -0.221. The van der Waals surface area contributed by atoms with Gasteiger partial charge >= 0.3 is 0 Å². The molecule has 1 fully saturated rings. The summed E-state index contributed by atoms with van der Waals surface area (Å²) in [6, 6.07) is 7.21. The average Bonchev–Trinajstić information content (AvgIpc) is 3.23. The lowest BCUT2D eigenvalue weighted by atomic mass is 10.2. The average molecular weight is 311 g/mol. The standard InChI is InChI=1S/C17H18FN5/c18-14-8-4-1-5-12(14)9-19-16-15-17(21-10-20-16)23(11-22-15)13-6-2-3-7-13/h1,4-5,8,10-11,13H,2-3,6-7,9H2,(H,19,20,21). The lowest BCUT2D eigenvalue weighted by Crippen LogP contribution is -2.06. The van der Waals surface area contributed by atoms with Gasteiger partial charge in [-0.3, -0.25) is 0 Å². The number of benzene rings is 1. The monoisotopic (exact) mass is 311 g/mol. The Labute approximate surface area is 133 Å². The fraction of sp³-hybridized carbons (Fsp3) is 0.353. The summed E-state index contributed by atoms with van der Waals surface area (Å²) in [5, 5.41) is 3.18. The van der Waals surface area contributed by atoms with Crippen LogP contribution in [0.1, 0.15) is 37.3 Å². The van der Waals surface area contributed by atoms with E-state index in [1.807, 2.05) is 12.4 Å². The van der Waals surface area contributed by atoms with Crippen LogP contribution in [0, 0.1) is 5.82 Å². The Morgan fingerprint density at radius 1 is 1.13 bits per heavy atom. The number of fused-ring (bicyclic) bond motifs is 1. The van der Waals surface area contributed by atoms with E-state index in [9.17, 15) is 4.39 Å². The first kappa shape index (κ1) is 14.1. The number of anilines is 1. The molecule has 0 spiro atoms. The van der Waals surface area contributed by atoms with Gasteiger partial charge in [0.15, 0.2) is 11.5 Å². The highest BCUT2D eigenvalue weighted by Crippen LogP contribution is 2.32. The van der Waals surface area contributed by atoms with Gasteiger partial charge in [0.05, 0.1) is 6.33 Å². The number of aromatic nitrogens is 4. The quantitative estimate of drug-likeness (QED) is 0.798. The predicted molar refractivity (Wildman–Crippen MR) is 86.6 cm³/mol. The zero-order chi connectivity index (χ0) is 15.6. The first-order valence-electron chi connectivity index (χ1n) is 7.98.